The smallest absolute Gasteiger partial charge is 0.322 e. The number of nitrogens with one attached hydrogen (secondary N) is 1. The fourth-order valence-electron chi connectivity index (χ4n) is 2.20. The molecule has 1 aromatic carbocycles. The lowest BCUT2D eigenvalue weighted by atomic mass is 10.2. The molecule has 114 valence electrons. The number of pyridine rings is 1. The lowest BCUT2D eigenvalue weighted by molar-refractivity contribution is 0.0492. The molecule has 1 aliphatic heterocycles. The fraction of sp³-hybridized carbons (Fsp3) is 0.250. The fourth-order valence-corrected chi connectivity index (χ4v) is 2.20. The van der Waals surface area contributed by atoms with E-state index in [0.29, 0.717) is 18.8 Å². The van der Waals surface area contributed by atoms with Gasteiger partial charge in [-0.3, -0.25) is 4.98 Å². The Hall–Kier alpha value is -2.63. The molecule has 0 spiro atoms. The van der Waals surface area contributed by atoms with Gasteiger partial charge in [-0.25, -0.2) is 9.18 Å². The van der Waals surface area contributed by atoms with Crippen LogP contribution in [-0.4, -0.2) is 35.1 Å². The predicted molar refractivity (Wildman–Crippen MR) is 80.4 cm³/mol. The Morgan fingerprint density at radius 3 is 2.73 bits per heavy atom. The number of hydrogen-bond donors (Lipinski definition) is 1. The van der Waals surface area contributed by atoms with Gasteiger partial charge in [0.25, 0.3) is 0 Å². The maximum atomic E-state index is 12.8. The molecule has 1 saturated heterocycles. The molecule has 0 atom stereocenters. The summed E-state index contributed by atoms with van der Waals surface area (Å²) in [4.78, 5) is 17.7. The number of nitrogens with zero attached hydrogens (tertiary/aromatic N) is 2. The summed E-state index contributed by atoms with van der Waals surface area (Å²) in [6.07, 6.45) is 1.68. The zero-order valence-corrected chi connectivity index (χ0v) is 12.1. The quantitative estimate of drug-likeness (QED) is 0.948. The molecular formula is C16H16FN3O2. The van der Waals surface area contributed by atoms with E-state index in [0.717, 1.165) is 11.4 Å². The Bertz CT molecular complexity index is 669. The van der Waals surface area contributed by atoms with Gasteiger partial charge < -0.3 is 15.0 Å². The lowest BCUT2D eigenvalue weighted by Gasteiger charge is -2.38. The van der Waals surface area contributed by atoms with Gasteiger partial charge in [0.15, 0.2) is 0 Å². The number of urea groups is 1. The van der Waals surface area contributed by atoms with Gasteiger partial charge in [0.1, 0.15) is 17.7 Å². The zero-order valence-electron chi connectivity index (χ0n) is 12.1. The van der Waals surface area contributed by atoms with Crippen molar-refractivity contribution in [1.29, 1.82) is 0 Å². The van der Waals surface area contributed by atoms with Crippen molar-refractivity contribution in [2.75, 3.05) is 18.4 Å². The molecule has 0 radical (unpaired) electrons. The minimum atomic E-state index is -0.331. The van der Waals surface area contributed by atoms with E-state index in [1.807, 2.05) is 13.0 Å². The molecule has 22 heavy (non-hydrogen) atoms. The third-order valence-electron chi connectivity index (χ3n) is 3.40. The van der Waals surface area contributed by atoms with Gasteiger partial charge in [-0.2, -0.15) is 0 Å². The molecule has 1 aromatic heterocycles. The van der Waals surface area contributed by atoms with E-state index in [4.69, 9.17) is 4.74 Å². The Morgan fingerprint density at radius 2 is 2.05 bits per heavy atom. The maximum Gasteiger partial charge on any atom is 0.322 e. The van der Waals surface area contributed by atoms with Crippen LogP contribution in [0.2, 0.25) is 0 Å². The number of halogens is 1. The number of likely N-dealkylation sites (tertiary alicyclic amines) is 1. The molecule has 1 fully saturated rings. The number of carbonyl (C=O) groups excluding carboxylic acids is 1. The van der Waals surface area contributed by atoms with E-state index in [1.165, 1.54) is 24.3 Å². The number of hydrogen-bond acceptors (Lipinski definition) is 3. The Kier molecular flexibility index (Phi) is 3.91. The first kappa shape index (κ1) is 14.3. The van der Waals surface area contributed by atoms with Crippen molar-refractivity contribution in [2.24, 2.45) is 0 Å². The Balaban J connectivity index is 1.48. The van der Waals surface area contributed by atoms with E-state index in [1.54, 1.807) is 17.2 Å². The van der Waals surface area contributed by atoms with Crippen molar-refractivity contribution in [3.63, 3.8) is 0 Å². The van der Waals surface area contributed by atoms with Gasteiger partial charge in [-0.1, -0.05) is 0 Å². The number of aromatic nitrogens is 1. The van der Waals surface area contributed by atoms with Crippen molar-refractivity contribution in [1.82, 2.24) is 9.88 Å². The average molecular weight is 301 g/mol. The molecule has 0 saturated carbocycles. The van der Waals surface area contributed by atoms with Crippen molar-refractivity contribution in [3.05, 3.63) is 54.1 Å². The SMILES string of the molecule is Cc1cc(OC2CN(C(=O)Nc3ccc(F)cc3)C2)ccn1. The molecule has 2 aromatic rings. The molecule has 3 rings (SSSR count). The lowest BCUT2D eigenvalue weighted by Crippen LogP contribution is -2.57. The molecule has 2 heterocycles. The number of aryl methyl sites for hydroxylation is 1. The average Bonchev–Trinajstić information content (AvgIpc) is 2.45. The van der Waals surface area contributed by atoms with Crippen LogP contribution < -0.4 is 10.1 Å². The number of carbonyl (C=O) groups is 1. The highest BCUT2D eigenvalue weighted by molar-refractivity contribution is 5.89. The van der Waals surface area contributed by atoms with E-state index < -0.39 is 0 Å². The van der Waals surface area contributed by atoms with Crippen molar-refractivity contribution in [2.45, 2.75) is 13.0 Å². The third-order valence-corrected chi connectivity index (χ3v) is 3.40. The second-order valence-corrected chi connectivity index (χ2v) is 5.21. The molecule has 0 unspecified atom stereocenters. The number of amides is 2. The maximum absolute atomic E-state index is 12.8. The van der Waals surface area contributed by atoms with Crippen molar-refractivity contribution >= 4 is 11.7 Å². The van der Waals surface area contributed by atoms with Crippen LogP contribution >= 0.6 is 0 Å². The summed E-state index contributed by atoms with van der Waals surface area (Å²) in [5, 5.41) is 2.72. The molecule has 2 amide bonds. The minimum absolute atomic E-state index is 0.0132. The summed E-state index contributed by atoms with van der Waals surface area (Å²) in [7, 11) is 0. The van der Waals surface area contributed by atoms with E-state index in [9.17, 15) is 9.18 Å². The summed E-state index contributed by atoms with van der Waals surface area (Å²) in [6, 6.07) is 9.13. The van der Waals surface area contributed by atoms with Gasteiger partial charge in [0.05, 0.1) is 13.1 Å². The van der Waals surface area contributed by atoms with Crippen molar-refractivity contribution < 1.29 is 13.9 Å². The molecule has 1 N–H and O–H groups in total. The van der Waals surface area contributed by atoms with Gasteiger partial charge in [-0.15, -0.1) is 0 Å². The standard InChI is InChI=1S/C16H16FN3O2/c1-11-8-14(6-7-18-11)22-15-9-20(10-15)16(21)19-13-4-2-12(17)3-5-13/h2-8,15H,9-10H2,1H3,(H,19,21). The monoisotopic (exact) mass is 301 g/mol. The molecule has 0 aliphatic carbocycles. The van der Waals surface area contributed by atoms with E-state index in [-0.39, 0.29) is 18.0 Å². The molecular weight excluding hydrogens is 285 g/mol. The first-order chi connectivity index (χ1) is 10.6. The van der Waals surface area contributed by atoms with Gasteiger partial charge in [0, 0.05) is 23.6 Å². The second kappa shape index (κ2) is 6.01. The van der Waals surface area contributed by atoms with Crippen LogP contribution in [0.5, 0.6) is 5.75 Å². The largest absolute Gasteiger partial charge is 0.487 e. The Morgan fingerprint density at radius 1 is 1.32 bits per heavy atom. The molecule has 6 heteroatoms. The number of benzene rings is 1. The second-order valence-electron chi connectivity index (χ2n) is 5.21. The van der Waals surface area contributed by atoms with E-state index in [2.05, 4.69) is 10.3 Å². The van der Waals surface area contributed by atoms with Crippen LogP contribution in [0.4, 0.5) is 14.9 Å². The van der Waals surface area contributed by atoms with Gasteiger partial charge in [-0.05, 0) is 37.3 Å². The highest BCUT2D eigenvalue weighted by Crippen LogP contribution is 2.19. The van der Waals surface area contributed by atoms with Crippen LogP contribution in [0.3, 0.4) is 0 Å². The first-order valence-corrected chi connectivity index (χ1v) is 7.01. The first-order valence-electron chi connectivity index (χ1n) is 7.01. The van der Waals surface area contributed by atoms with E-state index >= 15 is 0 Å². The molecule has 5 nitrogen and oxygen atoms in total. The number of ether oxygens (including phenoxy) is 1. The predicted octanol–water partition coefficient (Wildman–Crippen LogP) is 2.82. The topological polar surface area (TPSA) is 54.5 Å². The van der Waals surface area contributed by atoms with Crippen LogP contribution in [-0.2, 0) is 0 Å². The summed E-state index contributed by atoms with van der Waals surface area (Å²) in [5.41, 5.74) is 1.46. The van der Waals surface area contributed by atoms with Crippen LogP contribution in [0.15, 0.2) is 42.6 Å². The highest BCUT2D eigenvalue weighted by atomic mass is 19.1. The van der Waals surface area contributed by atoms with Crippen molar-refractivity contribution in [3.8, 4) is 5.75 Å². The molecule has 0 bridgehead atoms. The number of rotatable bonds is 3. The summed E-state index contributed by atoms with van der Waals surface area (Å²) < 4.78 is 18.6. The van der Waals surface area contributed by atoms with Gasteiger partial charge in [0.2, 0.25) is 0 Å². The van der Waals surface area contributed by atoms with Gasteiger partial charge >= 0.3 is 6.03 Å². The van der Waals surface area contributed by atoms with Crippen LogP contribution in [0, 0.1) is 12.7 Å². The van der Waals surface area contributed by atoms with Crippen LogP contribution in [0.25, 0.3) is 0 Å². The highest BCUT2D eigenvalue weighted by Gasteiger charge is 2.32. The zero-order chi connectivity index (χ0) is 15.5. The molecule has 1 aliphatic rings. The number of anilines is 1. The Labute approximate surface area is 127 Å². The van der Waals surface area contributed by atoms with Crippen LogP contribution in [0.1, 0.15) is 5.69 Å². The third kappa shape index (κ3) is 3.33. The minimum Gasteiger partial charge on any atom is -0.487 e. The summed E-state index contributed by atoms with van der Waals surface area (Å²) in [6.45, 7) is 2.94. The normalized spacial score (nSPS) is 14.4. The summed E-state index contributed by atoms with van der Waals surface area (Å²) >= 11 is 0. The summed E-state index contributed by atoms with van der Waals surface area (Å²) in [5.74, 6) is 0.430.